The third-order valence-corrected chi connectivity index (χ3v) is 2.88. The van der Waals surface area contributed by atoms with E-state index in [4.69, 9.17) is 11.6 Å². The zero-order valence-corrected chi connectivity index (χ0v) is 10.8. The van der Waals surface area contributed by atoms with Crippen LogP contribution in [0.4, 0.5) is 18.9 Å². The lowest BCUT2D eigenvalue weighted by Crippen LogP contribution is -2.24. The van der Waals surface area contributed by atoms with Crippen molar-refractivity contribution in [3.05, 3.63) is 28.8 Å². The van der Waals surface area contributed by atoms with Gasteiger partial charge >= 0.3 is 6.18 Å². The van der Waals surface area contributed by atoms with Crippen molar-refractivity contribution in [1.29, 1.82) is 0 Å². The summed E-state index contributed by atoms with van der Waals surface area (Å²) in [6.45, 7) is 3.93. The van der Waals surface area contributed by atoms with E-state index in [0.29, 0.717) is 5.69 Å². The van der Waals surface area contributed by atoms with Gasteiger partial charge in [-0.25, -0.2) is 0 Å². The molecule has 0 saturated carbocycles. The van der Waals surface area contributed by atoms with Crippen molar-refractivity contribution in [3.8, 4) is 0 Å². The fourth-order valence-corrected chi connectivity index (χ4v) is 1.53. The Morgan fingerprint density at radius 3 is 2.39 bits per heavy atom. The van der Waals surface area contributed by atoms with Gasteiger partial charge < -0.3 is 10.4 Å². The van der Waals surface area contributed by atoms with E-state index in [2.05, 4.69) is 5.32 Å². The molecular weight excluding hydrogens is 267 g/mol. The molecule has 0 heterocycles. The Labute approximate surface area is 109 Å². The minimum atomic E-state index is -4.40. The van der Waals surface area contributed by atoms with Crippen molar-refractivity contribution >= 4 is 17.3 Å². The maximum atomic E-state index is 12.4. The normalized spacial score (nSPS) is 13.8. The molecule has 0 bridgehead atoms. The fourth-order valence-electron chi connectivity index (χ4n) is 1.29. The zero-order chi connectivity index (χ0) is 13.9. The quantitative estimate of drug-likeness (QED) is 0.880. The van der Waals surface area contributed by atoms with Crippen LogP contribution in [0.15, 0.2) is 18.2 Å². The highest BCUT2D eigenvalue weighted by molar-refractivity contribution is 6.33. The van der Waals surface area contributed by atoms with Gasteiger partial charge in [0.15, 0.2) is 0 Å². The Balaban J connectivity index is 2.75. The second-order valence-corrected chi connectivity index (χ2v) is 4.79. The van der Waals surface area contributed by atoms with Gasteiger partial charge in [0.05, 0.1) is 22.4 Å². The first-order valence-electron chi connectivity index (χ1n) is 5.50. The highest BCUT2D eigenvalue weighted by Gasteiger charge is 2.30. The molecule has 1 aromatic rings. The van der Waals surface area contributed by atoms with Gasteiger partial charge in [0.2, 0.25) is 0 Å². The third-order valence-electron chi connectivity index (χ3n) is 2.57. The minimum Gasteiger partial charge on any atom is -0.391 e. The second-order valence-electron chi connectivity index (χ2n) is 4.38. The van der Waals surface area contributed by atoms with Crippen LogP contribution in [0.5, 0.6) is 0 Å². The van der Waals surface area contributed by atoms with E-state index < -0.39 is 17.8 Å². The summed E-state index contributed by atoms with van der Waals surface area (Å²) in [4.78, 5) is 0. The number of halogens is 4. The first-order valence-corrected chi connectivity index (χ1v) is 5.88. The molecule has 0 aliphatic rings. The van der Waals surface area contributed by atoms with Crippen molar-refractivity contribution < 1.29 is 18.3 Å². The molecule has 0 aliphatic carbocycles. The molecule has 0 aromatic heterocycles. The van der Waals surface area contributed by atoms with E-state index in [-0.39, 0.29) is 17.5 Å². The van der Waals surface area contributed by atoms with Crippen LogP contribution in [-0.4, -0.2) is 17.8 Å². The van der Waals surface area contributed by atoms with Crippen LogP contribution >= 0.6 is 11.6 Å². The zero-order valence-electron chi connectivity index (χ0n) is 10.1. The SMILES string of the molecule is CC(C)C(O)CNc1ccc(C(F)(F)F)cc1Cl. The number of alkyl halides is 3. The summed E-state index contributed by atoms with van der Waals surface area (Å²) in [7, 11) is 0. The molecule has 0 spiro atoms. The summed E-state index contributed by atoms with van der Waals surface area (Å²) in [5.41, 5.74) is -0.410. The summed E-state index contributed by atoms with van der Waals surface area (Å²) in [6.07, 6.45) is -4.98. The van der Waals surface area contributed by atoms with E-state index >= 15 is 0 Å². The molecule has 0 fully saturated rings. The smallest absolute Gasteiger partial charge is 0.391 e. The van der Waals surface area contributed by atoms with Crippen LogP contribution < -0.4 is 5.32 Å². The van der Waals surface area contributed by atoms with Gasteiger partial charge in [0.1, 0.15) is 0 Å². The molecular formula is C12H15ClF3NO. The van der Waals surface area contributed by atoms with Crippen LogP contribution in [0.1, 0.15) is 19.4 Å². The summed E-state index contributed by atoms with van der Waals surface area (Å²) in [5, 5.41) is 12.4. The van der Waals surface area contributed by atoms with Crippen LogP contribution in [-0.2, 0) is 6.18 Å². The number of hydrogen-bond acceptors (Lipinski definition) is 2. The number of rotatable bonds is 4. The topological polar surface area (TPSA) is 32.3 Å². The maximum absolute atomic E-state index is 12.4. The second kappa shape index (κ2) is 5.80. The van der Waals surface area contributed by atoms with Crippen molar-refractivity contribution in [2.24, 2.45) is 5.92 Å². The Bertz CT molecular complexity index is 407. The Kier molecular flexibility index (Phi) is 4.87. The van der Waals surface area contributed by atoms with Crippen molar-refractivity contribution in [1.82, 2.24) is 0 Å². The highest BCUT2D eigenvalue weighted by Crippen LogP contribution is 2.33. The lowest BCUT2D eigenvalue weighted by atomic mass is 10.1. The predicted molar refractivity (Wildman–Crippen MR) is 65.8 cm³/mol. The van der Waals surface area contributed by atoms with Gasteiger partial charge in [-0.3, -0.25) is 0 Å². The number of anilines is 1. The first kappa shape index (κ1) is 15.1. The van der Waals surface area contributed by atoms with Crippen LogP contribution in [0.3, 0.4) is 0 Å². The lowest BCUT2D eigenvalue weighted by molar-refractivity contribution is -0.137. The Hall–Kier alpha value is -0.940. The molecule has 6 heteroatoms. The van der Waals surface area contributed by atoms with Gasteiger partial charge in [-0.05, 0) is 24.1 Å². The standard InChI is InChI=1S/C12H15ClF3NO/c1-7(2)11(18)6-17-10-4-3-8(5-9(10)13)12(14,15)16/h3-5,7,11,17-18H,6H2,1-2H3. The van der Waals surface area contributed by atoms with E-state index in [9.17, 15) is 18.3 Å². The molecule has 18 heavy (non-hydrogen) atoms. The largest absolute Gasteiger partial charge is 0.416 e. The summed E-state index contributed by atoms with van der Waals surface area (Å²) >= 11 is 5.75. The Morgan fingerprint density at radius 1 is 1.33 bits per heavy atom. The molecule has 0 saturated heterocycles. The van der Waals surface area contributed by atoms with Crippen molar-refractivity contribution in [2.45, 2.75) is 26.1 Å². The summed E-state index contributed by atoms with van der Waals surface area (Å²) < 4.78 is 37.2. The highest BCUT2D eigenvalue weighted by atomic mass is 35.5. The number of benzene rings is 1. The van der Waals surface area contributed by atoms with Crippen LogP contribution in [0, 0.1) is 5.92 Å². The lowest BCUT2D eigenvalue weighted by Gasteiger charge is -2.17. The van der Waals surface area contributed by atoms with E-state index in [1.54, 1.807) is 0 Å². The van der Waals surface area contributed by atoms with Crippen LogP contribution in [0.2, 0.25) is 5.02 Å². The van der Waals surface area contributed by atoms with Gasteiger partial charge in [-0.2, -0.15) is 13.2 Å². The summed E-state index contributed by atoms with van der Waals surface area (Å²) in [6, 6.07) is 3.08. The van der Waals surface area contributed by atoms with E-state index in [1.807, 2.05) is 13.8 Å². The van der Waals surface area contributed by atoms with Crippen molar-refractivity contribution in [3.63, 3.8) is 0 Å². The van der Waals surface area contributed by atoms with Gasteiger partial charge in [0.25, 0.3) is 0 Å². The molecule has 2 N–H and O–H groups in total. The molecule has 2 nitrogen and oxygen atoms in total. The van der Waals surface area contributed by atoms with Gasteiger partial charge in [-0.15, -0.1) is 0 Å². The molecule has 102 valence electrons. The molecule has 0 radical (unpaired) electrons. The molecule has 1 rings (SSSR count). The molecule has 1 aromatic carbocycles. The molecule has 0 aliphatic heterocycles. The number of hydrogen-bond donors (Lipinski definition) is 2. The average molecular weight is 282 g/mol. The first-order chi connectivity index (χ1) is 8.21. The average Bonchev–Trinajstić information content (AvgIpc) is 2.25. The van der Waals surface area contributed by atoms with E-state index in [1.165, 1.54) is 6.07 Å². The van der Waals surface area contributed by atoms with Gasteiger partial charge in [0, 0.05) is 6.54 Å². The maximum Gasteiger partial charge on any atom is 0.416 e. The number of nitrogens with one attached hydrogen (secondary N) is 1. The Morgan fingerprint density at radius 2 is 1.94 bits per heavy atom. The monoisotopic (exact) mass is 281 g/mol. The van der Waals surface area contributed by atoms with E-state index in [0.717, 1.165) is 12.1 Å². The number of aliphatic hydroxyl groups is 1. The molecule has 0 amide bonds. The number of aliphatic hydroxyl groups excluding tert-OH is 1. The summed E-state index contributed by atoms with van der Waals surface area (Å²) in [5.74, 6) is 0.0609. The van der Waals surface area contributed by atoms with Crippen molar-refractivity contribution in [2.75, 3.05) is 11.9 Å². The molecule has 1 atom stereocenters. The molecule has 1 unspecified atom stereocenters. The fraction of sp³-hybridized carbons (Fsp3) is 0.500. The predicted octanol–water partition coefficient (Wildman–Crippen LogP) is 3.79. The van der Waals surface area contributed by atoms with Gasteiger partial charge in [-0.1, -0.05) is 25.4 Å². The third kappa shape index (κ3) is 4.07. The van der Waals surface area contributed by atoms with Crippen LogP contribution in [0.25, 0.3) is 0 Å². The minimum absolute atomic E-state index is 0.0132.